The number of nitrogens with zero attached hydrogens (tertiary/aromatic N) is 2. The maximum atomic E-state index is 4.62. The van der Waals surface area contributed by atoms with Crippen molar-refractivity contribution >= 4 is 38.5 Å². The number of aryl methyl sites for hydroxylation is 1. The Hall–Kier alpha value is -0.400. The summed E-state index contributed by atoms with van der Waals surface area (Å²) in [5.41, 5.74) is 1.28. The van der Waals surface area contributed by atoms with Crippen molar-refractivity contribution in [2.75, 3.05) is 6.54 Å². The number of hydrogen-bond acceptors (Lipinski definition) is 2. The topological polar surface area (TPSA) is 29.9 Å². The van der Waals surface area contributed by atoms with Crippen LogP contribution in [0, 0.1) is 3.57 Å². The zero-order valence-corrected chi connectivity index (χ0v) is 16.2. The largest absolute Gasteiger partial charge is 0.333 e. The quantitative estimate of drug-likeness (QED) is 0.603. The second-order valence-electron chi connectivity index (χ2n) is 5.03. The Labute approximate surface area is 148 Å². The van der Waals surface area contributed by atoms with E-state index in [4.69, 9.17) is 0 Å². The minimum absolute atomic E-state index is 0.135. The number of rotatable bonds is 7. The van der Waals surface area contributed by atoms with Crippen molar-refractivity contribution < 1.29 is 0 Å². The molecule has 5 heteroatoms. The number of hydrogen-bond donors (Lipinski definition) is 1. The van der Waals surface area contributed by atoms with Crippen molar-refractivity contribution in [2.24, 2.45) is 0 Å². The van der Waals surface area contributed by atoms with Gasteiger partial charge in [-0.2, -0.15) is 0 Å². The van der Waals surface area contributed by atoms with Crippen molar-refractivity contribution in [3.05, 3.63) is 50.0 Å². The van der Waals surface area contributed by atoms with Gasteiger partial charge in [0.1, 0.15) is 5.82 Å². The highest BCUT2D eigenvalue weighted by atomic mass is 127. The van der Waals surface area contributed by atoms with Crippen LogP contribution in [0.4, 0.5) is 0 Å². The number of aromatic nitrogens is 2. The summed E-state index contributed by atoms with van der Waals surface area (Å²) in [6.07, 6.45) is 6.19. The highest BCUT2D eigenvalue weighted by Gasteiger charge is 2.20. The van der Waals surface area contributed by atoms with Crippen LogP contribution in [0.15, 0.2) is 35.1 Å². The summed E-state index contributed by atoms with van der Waals surface area (Å²) in [6.45, 7) is 6.37. The average molecular weight is 462 g/mol. The molecule has 0 bridgehead atoms. The molecule has 1 N–H and O–H groups in total. The van der Waals surface area contributed by atoms with Crippen molar-refractivity contribution in [1.82, 2.24) is 14.9 Å². The average Bonchev–Trinajstić information content (AvgIpc) is 2.92. The van der Waals surface area contributed by atoms with Crippen LogP contribution in [0.2, 0.25) is 0 Å². The third-order valence-corrected chi connectivity index (χ3v) is 4.81. The van der Waals surface area contributed by atoms with Gasteiger partial charge in [-0.15, -0.1) is 0 Å². The van der Waals surface area contributed by atoms with Gasteiger partial charge in [0.05, 0.1) is 6.04 Å². The van der Waals surface area contributed by atoms with Crippen molar-refractivity contribution in [3.8, 4) is 0 Å². The number of halogens is 2. The molecule has 0 saturated heterocycles. The van der Waals surface area contributed by atoms with Crippen LogP contribution in [-0.4, -0.2) is 16.1 Å². The first-order valence-electron chi connectivity index (χ1n) is 7.36. The van der Waals surface area contributed by atoms with E-state index in [-0.39, 0.29) is 6.04 Å². The number of imidazole rings is 1. The van der Waals surface area contributed by atoms with Crippen LogP contribution in [0.5, 0.6) is 0 Å². The predicted octanol–water partition coefficient (Wildman–Crippen LogP) is 4.75. The van der Waals surface area contributed by atoms with Crippen molar-refractivity contribution in [1.29, 1.82) is 0 Å². The van der Waals surface area contributed by atoms with E-state index in [1.54, 1.807) is 0 Å². The molecule has 0 aliphatic carbocycles. The van der Waals surface area contributed by atoms with E-state index in [0.29, 0.717) is 0 Å². The molecule has 1 unspecified atom stereocenters. The minimum Gasteiger partial charge on any atom is -0.333 e. The smallest absolute Gasteiger partial charge is 0.130 e. The molecule has 0 fully saturated rings. The Morgan fingerprint density at radius 3 is 2.86 bits per heavy atom. The van der Waals surface area contributed by atoms with Crippen LogP contribution in [0.1, 0.15) is 44.1 Å². The standard InChI is InChI=1S/C16H21BrIN3/c1-3-7-19-15(13-11-12(17)5-6-14(13)18)16-20-8-10-21(16)9-4-2/h5-6,8,10-11,15,19H,3-4,7,9H2,1-2H3. The summed E-state index contributed by atoms with van der Waals surface area (Å²) in [7, 11) is 0. The minimum atomic E-state index is 0.135. The zero-order valence-electron chi connectivity index (χ0n) is 12.4. The maximum absolute atomic E-state index is 4.62. The third-order valence-electron chi connectivity index (χ3n) is 3.34. The third kappa shape index (κ3) is 4.29. The highest BCUT2D eigenvalue weighted by Crippen LogP contribution is 2.28. The maximum Gasteiger partial charge on any atom is 0.130 e. The lowest BCUT2D eigenvalue weighted by molar-refractivity contribution is 0.528. The molecule has 0 saturated carbocycles. The number of nitrogens with one attached hydrogen (secondary N) is 1. The molecule has 1 atom stereocenters. The highest BCUT2D eigenvalue weighted by molar-refractivity contribution is 14.1. The van der Waals surface area contributed by atoms with Crippen molar-refractivity contribution in [3.63, 3.8) is 0 Å². The molecule has 21 heavy (non-hydrogen) atoms. The number of benzene rings is 1. The van der Waals surface area contributed by atoms with E-state index in [1.165, 1.54) is 9.13 Å². The van der Waals surface area contributed by atoms with Crippen LogP contribution in [-0.2, 0) is 6.54 Å². The lowest BCUT2D eigenvalue weighted by Gasteiger charge is -2.21. The second-order valence-corrected chi connectivity index (χ2v) is 7.11. The van der Waals surface area contributed by atoms with Gasteiger partial charge in [-0.25, -0.2) is 4.98 Å². The Morgan fingerprint density at radius 2 is 2.14 bits per heavy atom. The van der Waals surface area contributed by atoms with Gasteiger partial charge < -0.3 is 9.88 Å². The van der Waals surface area contributed by atoms with Crippen LogP contribution in [0.25, 0.3) is 0 Å². The van der Waals surface area contributed by atoms with Crippen LogP contribution < -0.4 is 5.32 Å². The molecule has 0 spiro atoms. The van der Waals surface area contributed by atoms with Gasteiger partial charge in [0.25, 0.3) is 0 Å². The normalized spacial score (nSPS) is 12.6. The molecule has 0 aliphatic heterocycles. The molecule has 0 aliphatic rings. The summed E-state index contributed by atoms with van der Waals surface area (Å²) in [5.74, 6) is 1.10. The van der Waals surface area contributed by atoms with Crippen LogP contribution in [0.3, 0.4) is 0 Å². The monoisotopic (exact) mass is 461 g/mol. The van der Waals surface area contributed by atoms with E-state index in [0.717, 1.165) is 36.2 Å². The molecule has 3 nitrogen and oxygen atoms in total. The molecule has 1 aromatic heterocycles. The molecule has 1 aromatic carbocycles. The first kappa shape index (κ1) is 17.0. The van der Waals surface area contributed by atoms with Gasteiger partial charge in [0.2, 0.25) is 0 Å². The van der Waals surface area contributed by atoms with Gasteiger partial charge >= 0.3 is 0 Å². The lowest BCUT2D eigenvalue weighted by Crippen LogP contribution is -2.27. The zero-order chi connectivity index (χ0) is 15.2. The fourth-order valence-electron chi connectivity index (χ4n) is 2.38. The molecule has 114 valence electrons. The first-order valence-corrected chi connectivity index (χ1v) is 9.23. The fourth-order valence-corrected chi connectivity index (χ4v) is 3.40. The van der Waals surface area contributed by atoms with E-state index in [2.05, 4.69) is 91.6 Å². The van der Waals surface area contributed by atoms with E-state index < -0.39 is 0 Å². The van der Waals surface area contributed by atoms with E-state index in [9.17, 15) is 0 Å². The van der Waals surface area contributed by atoms with Gasteiger partial charge in [-0.05, 0) is 65.7 Å². The fraction of sp³-hybridized carbons (Fsp3) is 0.438. The molecule has 2 rings (SSSR count). The summed E-state index contributed by atoms with van der Waals surface area (Å²) >= 11 is 5.99. The Balaban J connectivity index is 2.42. The van der Waals surface area contributed by atoms with Gasteiger partial charge in [-0.3, -0.25) is 0 Å². The SMILES string of the molecule is CCCNC(c1cc(Br)ccc1I)c1nccn1CCC. The van der Waals surface area contributed by atoms with Gasteiger partial charge in [0.15, 0.2) is 0 Å². The first-order chi connectivity index (χ1) is 10.2. The van der Waals surface area contributed by atoms with E-state index in [1.807, 2.05) is 6.20 Å². The summed E-state index contributed by atoms with van der Waals surface area (Å²) in [5, 5.41) is 3.65. The molecule has 2 aromatic rings. The van der Waals surface area contributed by atoms with Gasteiger partial charge in [-0.1, -0.05) is 29.8 Å². The Kier molecular flexibility index (Phi) is 6.70. The van der Waals surface area contributed by atoms with Crippen molar-refractivity contribution in [2.45, 2.75) is 39.3 Å². The second kappa shape index (κ2) is 8.29. The summed E-state index contributed by atoms with van der Waals surface area (Å²) in [6, 6.07) is 6.56. The Morgan fingerprint density at radius 1 is 1.33 bits per heavy atom. The van der Waals surface area contributed by atoms with E-state index >= 15 is 0 Å². The Bertz CT molecular complexity index is 583. The van der Waals surface area contributed by atoms with Gasteiger partial charge in [0, 0.05) is 27.0 Å². The molecular formula is C16H21BrIN3. The molecule has 1 heterocycles. The lowest BCUT2D eigenvalue weighted by atomic mass is 10.1. The molecular weight excluding hydrogens is 441 g/mol. The molecule has 0 amide bonds. The van der Waals surface area contributed by atoms with Crippen LogP contribution >= 0.6 is 38.5 Å². The molecule has 0 radical (unpaired) electrons. The summed E-state index contributed by atoms with van der Waals surface area (Å²) in [4.78, 5) is 4.62. The summed E-state index contributed by atoms with van der Waals surface area (Å²) < 4.78 is 4.62. The predicted molar refractivity (Wildman–Crippen MR) is 99.5 cm³/mol.